The van der Waals surface area contributed by atoms with Gasteiger partial charge in [0.1, 0.15) is 0 Å². The van der Waals surface area contributed by atoms with E-state index in [1.165, 1.54) is 6.92 Å². The van der Waals surface area contributed by atoms with E-state index in [-0.39, 0.29) is 11.8 Å². The number of carbonyl (C=O) groups excluding carboxylic acids is 2. The summed E-state index contributed by atoms with van der Waals surface area (Å²) in [6.45, 7) is 3.92. The molecule has 0 unspecified atom stereocenters. The van der Waals surface area contributed by atoms with Gasteiger partial charge in [0, 0.05) is 36.1 Å². The van der Waals surface area contributed by atoms with Crippen molar-refractivity contribution in [1.82, 2.24) is 5.32 Å². The summed E-state index contributed by atoms with van der Waals surface area (Å²) >= 11 is 3.47. The lowest BCUT2D eigenvalue weighted by atomic mass is 10.2. The lowest BCUT2D eigenvalue weighted by Crippen LogP contribution is -2.34. The zero-order chi connectivity index (χ0) is 14.7. The minimum atomic E-state index is -0.0556. The molecule has 0 radical (unpaired) electrons. The number of hydrogen-bond acceptors (Lipinski definition) is 2. The van der Waals surface area contributed by atoms with Crippen LogP contribution in [0.5, 0.6) is 0 Å². The van der Waals surface area contributed by atoms with Gasteiger partial charge in [-0.25, -0.2) is 0 Å². The fourth-order valence-electron chi connectivity index (χ4n) is 1.96. The molecule has 0 heterocycles. The van der Waals surface area contributed by atoms with Crippen LogP contribution in [0.1, 0.15) is 31.7 Å². The van der Waals surface area contributed by atoms with Gasteiger partial charge >= 0.3 is 0 Å². The highest BCUT2D eigenvalue weighted by molar-refractivity contribution is 9.10. The monoisotopic (exact) mass is 338 g/mol. The Hall–Kier alpha value is -1.36. The van der Waals surface area contributed by atoms with Crippen molar-refractivity contribution in [3.8, 4) is 0 Å². The summed E-state index contributed by atoms with van der Waals surface area (Å²) in [5.41, 5.74) is 1.93. The standard InChI is InChI=1S/C15H19BrN2O2/c1-10-3-6-13(9-14(10)16)18(11(2)19)8-7-15(20)17-12-4-5-12/h3,6,9,12H,4-5,7-8H2,1-2H3,(H,17,20). The van der Waals surface area contributed by atoms with Crippen LogP contribution in [0.3, 0.4) is 0 Å². The molecule has 2 rings (SSSR count). The second kappa shape index (κ2) is 6.39. The minimum absolute atomic E-state index is 0.0185. The molecule has 108 valence electrons. The molecule has 20 heavy (non-hydrogen) atoms. The van der Waals surface area contributed by atoms with E-state index in [0.29, 0.717) is 19.0 Å². The fourth-order valence-corrected chi connectivity index (χ4v) is 2.33. The highest BCUT2D eigenvalue weighted by atomic mass is 79.9. The zero-order valence-electron chi connectivity index (χ0n) is 11.8. The molecule has 5 heteroatoms. The molecule has 0 spiro atoms. The van der Waals surface area contributed by atoms with Crippen LogP contribution in [-0.4, -0.2) is 24.4 Å². The number of carbonyl (C=O) groups is 2. The topological polar surface area (TPSA) is 49.4 Å². The van der Waals surface area contributed by atoms with Gasteiger partial charge in [0.2, 0.25) is 11.8 Å². The lowest BCUT2D eigenvalue weighted by molar-refractivity contribution is -0.121. The van der Waals surface area contributed by atoms with Gasteiger partial charge in [-0.15, -0.1) is 0 Å². The van der Waals surface area contributed by atoms with E-state index < -0.39 is 0 Å². The van der Waals surface area contributed by atoms with Gasteiger partial charge in [-0.2, -0.15) is 0 Å². The first kappa shape index (κ1) is 15.0. The third kappa shape index (κ3) is 4.07. The van der Waals surface area contributed by atoms with Crippen molar-refractivity contribution in [2.24, 2.45) is 0 Å². The average Bonchev–Trinajstić information content (AvgIpc) is 3.17. The summed E-state index contributed by atoms with van der Waals surface area (Å²) in [4.78, 5) is 25.1. The summed E-state index contributed by atoms with van der Waals surface area (Å²) in [6, 6.07) is 6.14. The molecule has 2 amide bonds. The number of rotatable bonds is 5. The van der Waals surface area contributed by atoms with Crippen molar-refractivity contribution in [3.05, 3.63) is 28.2 Å². The van der Waals surface area contributed by atoms with E-state index in [9.17, 15) is 9.59 Å². The Labute approximate surface area is 127 Å². The average molecular weight is 339 g/mol. The number of nitrogens with zero attached hydrogens (tertiary/aromatic N) is 1. The van der Waals surface area contributed by atoms with E-state index in [2.05, 4.69) is 21.2 Å². The van der Waals surface area contributed by atoms with Crippen molar-refractivity contribution < 1.29 is 9.59 Å². The van der Waals surface area contributed by atoms with Gasteiger partial charge in [0.25, 0.3) is 0 Å². The summed E-state index contributed by atoms with van der Waals surface area (Å²) < 4.78 is 0.962. The summed E-state index contributed by atoms with van der Waals surface area (Å²) in [5.74, 6) is -0.0371. The normalized spacial score (nSPS) is 13.9. The molecule has 0 aromatic heterocycles. The van der Waals surface area contributed by atoms with Gasteiger partial charge in [0.15, 0.2) is 0 Å². The predicted molar refractivity (Wildman–Crippen MR) is 82.7 cm³/mol. The van der Waals surface area contributed by atoms with Crippen molar-refractivity contribution in [3.63, 3.8) is 0 Å². The minimum Gasteiger partial charge on any atom is -0.353 e. The fraction of sp³-hybridized carbons (Fsp3) is 0.467. The van der Waals surface area contributed by atoms with Crippen LogP contribution in [-0.2, 0) is 9.59 Å². The molecule has 0 atom stereocenters. The van der Waals surface area contributed by atoms with Crippen LogP contribution in [0.2, 0.25) is 0 Å². The van der Waals surface area contributed by atoms with Crippen LogP contribution in [0.15, 0.2) is 22.7 Å². The molecular formula is C15H19BrN2O2. The molecule has 0 bridgehead atoms. The van der Waals surface area contributed by atoms with E-state index in [1.807, 2.05) is 25.1 Å². The van der Waals surface area contributed by atoms with E-state index in [1.54, 1.807) is 4.90 Å². The Bertz CT molecular complexity index is 527. The van der Waals surface area contributed by atoms with Gasteiger partial charge in [-0.05, 0) is 37.5 Å². The Morgan fingerprint density at radius 1 is 1.40 bits per heavy atom. The van der Waals surface area contributed by atoms with E-state index in [0.717, 1.165) is 28.6 Å². The van der Waals surface area contributed by atoms with Gasteiger partial charge in [0.05, 0.1) is 0 Å². The van der Waals surface area contributed by atoms with Crippen LogP contribution in [0.4, 0.5) is 5.69 Å². The zero-order valence-corrected chi connectivity index (χ0v) is 13.4. The number of aryl methyl sites for hydroxylation is 1. The van der Waals surface area contributed by atoms with Gasteiger partial charge < -0.3 is 10.2 Å². The smallest absolute Gasteiger partial charge is 0.223 e. The highest BCUT2D eigenvalue weighted by Crippen LogP contribution is 2.24. The SMILES string of the molecule is CC(=O)N(CCC(=O)NC1CC1)c1ccc(C)c(Br)c1. The second-order valence-corrected chi connectivity index (χ2v) is 6.05. The Morgan fingerprint density at radius 3 is 2.65 bits per heavy atom. The molecule has 1 aromatic carbocycles. The number of halogens is 1. The number of anilines is 1. The third-order valence-corrected chi connectivity index (χ3v) is 4.21. The number of nitrogens with one attached hydrogen (secondary N) is 1. The van der Waals surface area contributed by atoms with Crippen molar-refractivity contribution in [1.29, 1.82) is 0 Å². The first-order valence-corrected chi connectivity index (χ1v) is 7.60. The number of hydrogen-bond donors (Lipinski definition) is 1. The second-order valence-electron chi connectivity index (χ2n) is 5.20. The molecule has 1 aromatic rings. The maximum absolute atomic E-state index is 11.8. The first-order chi connectivity index (χ1) is 9.47. The number of amides is 2. The molecule has 4 nitrogen and oxygen atoms in total. The van der Waals surface area contributed by atoms with Crippen molar-refractivity contribution in [2.45, 2.75) is 39.2 Å². The third-order valence-electron chi connectivity index (χ3n) is 3.35. The van der Waals surface area contributed by atoms with Crippen LogP contribution in [0.25, 0.3) is 0 Å². The molecule has 1 saturated carbocycles. The largest absolute Gasteiger partial charge is 0.353 e. The summed E-state index contributed by atoms with van der Waals surface area (Å²) in [6.07, 6.45) is 2.49. The quantitative estimate of drug-likeness (QED) is 0.897. The highest BCUT2D eigenvalue weighted by Gasteiger charge is 2.23. The molecule has 0 saturated heterocycles. The molecule has 1 N–H and O–H groups in total. The van der Waals surface area contributed by atoms with E-state index in [4.69, 9.17) is 0 Å². The van der Waals surface area contributed by atoms with Crippen molar-refractivity contribution in [2.75, 3.05) is 11.4 Å². The molecule has 1 aliphatic rings. The van der Waals surface area contributed by atoms with E-state index >= 15 is 0 Å². The molecule has 1 fully saturated rings. The van der Waals surface area contributed by atoms with Gasteiger partial charge in [-0.1, -0.05) is 22.0 Å². The Balaban J connectivity index is 2.00. The first-order valence-electron chi connectivity index (χ1n) is 6.81. The Morgan fingerprint density at radius 2 is 2.10 bits per heavy atom. The maximum atomic E-state index is 11.8. The predicted octanol–water partition coefficient (Wildman–Crippen LogP) is 2.78. The molecule has 0 aliphatic heterocycles. The summed E-state index contributed by atoms with van der Waals surface area (Å²) in [5, 5.41) is 2.93. The molecule has 1 aliphatic carbocycles. The van der Waals surface area contributed by atoms with Crippen LogP contribution in [0, 0.1) is 6.92 Å². The van der Waals surface area contributed by atoms with Crippen LogP contribution >= 0.6 is 15.9 Å². The summed E-state index contributed by atoms with van der Waals surface area (Å²) in [7, 11) is 0. The van der Waals surface area contributed by atoms with Crippen molar-refractivity contribution >= 4 is 33.4 Å². The lowest BCUT2D eigenvalue weighted by Gasteiger charge is -2.21. The van der Waals surface area contributed by atoms with Crippen LogP contribution < -0.4 is 10.2 Å². The maximum Gasteiger partial charge on any atom is 0.223 e. The molecular weight excluding hydrogens is 320 g/mol. The van der Waals surface area contributed by atoms with Gasteiger partial charge in [-0.3, -0.25) is 9.59 Å². The number of benzene rings is 1. The Kier molecular flexibility index (Phi) is 4.81.